The number of ether oxygens (including phenoxy) is 1. The van der Waals surface area contributed by atoms with Gasteiger partial charge in [-0.05, 0) is 32.0 Å². The molecule has 2 aromatic rings. The van der Waals surface area contributed by atoms with Crippen LogP contribution in [0.25, 0.3) is 0 Å². The molecule has 2 aromatic carbocycles. The van der Waals surface area contributed by atoms with Crippen LogP contribution in [0.1, 0.15) is 27.9 Å². The van der Waals surface area contributed by atoms with Gasteiger partial charge in [0, 0.05) is 29.3 Å². The van der Waals surface area contributed by atoms with Crippen LogP contribution in [-0.4, -0.2) is 46.8 Å². The van der Waals surface area contributed by atoms with E-state index >= 15 is 0 Å². The maximum atomic E-state index is 12.3. The zero-order chi connectivity index (χ0) is 24.1. The van der Waals surface area contributed by atoms with Gasteiger partial charge in [0.05, 0.1) is 17.4 Å². The molecule has 11 heteroatoms. The third-order valence-corrected chi connectivity index (χ3v) is 5.01. The molecule has 11 nitrogen and oxygen atoms in total. The summed E-state index contributed by atoms with van der Waals surface area (Å²) in [4.78, 5) is 59.3. The molecule has 1 atom stereocenters. The lowest BCUT2D eigenvalue weighted by Crippen LogP contribution is -2.43. The number of nitro groups is 1. The maximum absolute atomic E-state index is 12.3. The Morgan fingerprint density at radius 1 is 1.18 bits per heavy atom. The van der Waals surface area contributed by atoms with Crippen molar-refractivity contribution in [3.63, 3.8) is 0 Å². The molecule has 0 radical (unpaired) electrons. The second-order valence-electron chi connectivity index (χ2n) is 7.63. The van der Waals surface area contributed by atoms with Crippen molar-refractivity contribution in [2.24, 2.45) is 5.92 Å². The third-order valence-electron chi connectivity index (χ3n) is 5.01. The molecular weight excluding hydrogens is 432 g/mol. The molecule has 0 unspecified atom stereocenters. The van der Waals surface area contributed by atoms with Gasteiger partial charge in [-0.1, -0.05) is 23.8 Å². The summed E-state index contributed by atoms with van der Waals surface area (Å²) in [5, 5.41) is 14.5. The summed E-state index contributed by atoms with van der Waals surface area (Å²) >= 11 is 0. The number of esters is 1. The number of anilines is 1. The summed E-state index contributed by atoms with van der Waals surface area (Å²) in [5.74, 6) is -3.22. The summed E-state index contributed by atoms with van der Waals surface area (Å²) in [6.07, 6.45) is -0.168. The normalized spacial score (nSPS) is 15.2. The summed E-state index contributed by atoms with van der Waals surface area (Å²) in [5.41, 5.74) is 4.22. The SMILES string of the molecule is Cc1cccc(C(=O)NN2C[C@@H](C(=O)OCC(=O)Nc3ccc(C)c([N+](=O)[O-])c3)CC2=O)c1. The Labute approximate surface area is 188 Å². The first-order chi connectivity index (χ1) is 15.6. The predicted molar refractivity (Wildman–Crippen MR) is 116 cm³/mol. The van der Waals surface area contributed by atoms with E-state index in [1.54, 1.807) is 25.1 Å². The molecule has 3 rings (SSSR count). The second-order valence-corrected chi connectivity index (χ2v) is 7.63. The Balaban J connectivity index is 1.50. The highest BCUT2D eigenvalue weighted by atomic mass is 16.6. The van der Waals surface area contributed by atoms with Crippen LogP contribution in [0.4, 0.5) is 11.4 Å². The number of carbonyl (C=O) groups is 4. The standard InChI is InChI=1S/C22H22N4O7/c1-13-4-3-5-15(8-13)21(29)24-25-11-16(9-20(25)28)22(30)33-12-19(27)23-17-7-6-14(2)18(10-17)26(31)32/h3-8,10,16H,9,11-12H2,1-2H3,(H,23,27)(H,24,29)/t16-/m0/s1. The lowest BCUT2D eigenvalue weighted by Gasteiger charge is -2.17. The Morgan fingerprint density at radius 3 is 2.64 bits per heavy atom. The van der Waals surface area contributed by atoms with Crippen LogP contribution in [-0.2, 0) is 19.1 Å². The van der Waals surface area contributed by atoms with E-state index in [2.05, 4.69) is 10.7 Å². The monoisotopic (exact) mass is 454 g/mol. The van der Waals surface area contributed by atoms with Crippen molar-refractivity contribution in [1.82, 2.24) is 10.4 Å². The number of amides is 3. The number of benzene rings is 2. The average molecular weight is 454 g/mol. The van der Waals surface area contributed by atoms with Gasteiger partial charge in [-0.2, -0.15) is 0 Å². The Bertz CT molecular complexity index is 1130. The number of rotatable bonds is 7. The number of aryl methyl sites for hydroxylation is 2. The van der Waals surface area contributed by atoms with E-state index in [9.17, 15) is 29.3 Å². The van der Waals surface area contributed by atoms with E-state index in [-0.39, 0.29) is 24.3 Å². The van der Waals surface area contributed by atoms with Crippen molar-refractivity contribution in [2.75, 3.05) is 18.5 Å². The summed E-state index contributed by atoms with van der Waals surface area (Å²) in [6.45, 7) is 2.70. The van der Waals surface area contributed by atoms with Gasteiger partial charge >= 0.3 is 5.97 Å². The molecule has 0 aromatic heterocycles. The van der Waals surface area contributed by atoms with Crippen LogP contribution >= 0.6 is 0 Å². The molecule has 172 valence electrons. The molecule has 0 bridgehead atoms. The Morgan fingerprint density at radius 2 is 1.94 bits per heavy atom. The molecule has 1 fully saturated rings. The van der Waals surface area contributed by atoms with Gasteiger partial charge in [0.1, 0.15) is 0 Å². The molecule has 0 spiro atoms. The second kappa shape index (κ2) is 9.90. The lowest BCUT2D eigenvalue weighted by atomic mass is 10.1. The summed E-state index contributed by atoms with van der Waals surface area (Å²) in [6, 6.07) is 11.0. The average Bonchev–Trinajstić information content (AvgIpc) is 3.13. The molecule has 1 heterocycles. The topological polar surface area (TPSA) is 148 Å². The molecule has 3 amide bonds. The fourth-order valence-corrected chi connectivity index (χ4v) is 3.28. The van der Waals surface area contributed by atoms with E-state index in [1.807, 2.05) is 13.0 Å². The molecule has 1 aliphatic rings. The van der Waals surface area contributed by atoms with Crippen molar-refractivity contribution >= 4 is 35.1 Å². The first-order valence-electron chi connectivity index (χ1n) is 10.0. The van der Waals surface area contributed by atoms with Crippen molar-refractivity contribution in [2.45, 2.75) is 20.3 Å². The largest absolute Gasteiger partial charge is 0.455 e. The molecule has 1 aliphatic heterocycles. The van der Waals surface area contributed by atoms with E-state index < -0.39 is 41.1 Å². The summed E-state index contributed by atoms with van der Waals surface area (Å²) < 4.78 is 4.99. The van der Waals surface area contributed by atoms with Gasteiger partial charge in [0.25, 0.3) is 17.5 Å². The van der Waals surface area contributed by atoms with Gasteiger partial charge < -0.3 is 10.1 Å². The number of nitro benzene ring substituents is 1. The van der Waals surface area contributed by atoms with Crippen molar-refractivity contribution in [3.05, 3.63) is 69.3 Å². The minimum atomic E-state index is -0.844. The van der Waals surface area contributed by atoms with Crippen molar-refractivity contribution < 1.29 is 28.8 Å². The van der Waals surface area contributed by atoms with Gasteiger partial charge in [-0.25, -0.2) is 0 Å². The lowest BCUT2D eigenvalue weighted by molar-refractivity contribution is -0.385. The highest BCUT2D eigenvalue weighted by Crippen LogP contribution is 2.22. The number of hydrogen-bond acceptors (Lipinski definition) is 7. The third kappa shape index (κ3) is 5.91. The first-order valence-corrected chi connectivity index (χ1v) is 10.0. The zero-order valence-corrected chi connectivity index (χ0v) is 18.0. The summed E-state index contributed by atoms with van der Waals surface area (Å²) in [7, 11) is 0. The van der Waals surface area contributed by atoms with Gasteiger partial charge in [-0.3, -0.25) is 39.7 Å². The number of nitrogens with one attached hydrogen (secondary N) is 2. The van der Waals surface area contributed by atoms with Gasteiger partial charge in [0.2, 0.25) is 5.91 Å². The Kier molecular flexibility index (Phi) is 7.01. The van der Waals surface area contributed by atoms with Crippen LogP contribution in [0.5, 0.6) is 0 Å². The highest BCUT2D eigenvalue weighted by Gasteiger charge is 2.36. The number of carbonyl (C=O) groups excluding carboxylic acids is 4. The van der Waals surface area contributed by atoms with Crippen molar-refractivity contribution in [1.29, 1.82) is 0 Å². The van der Waals surface area contributed by atoms with Crippen LogP contribution in [0.2, 0.25) is 0 Å². The highest BCUT2D eigenvalue weighted by molar-refractivity contribution is 5.97. The van der Waals surface area contributed by atoms with Crippen LogP contribution in [0.3, 0.4) is 0 Å². The van der Waals surface area contributed by atoms with E-state index in [0.29, 0.717) is 11.1 Å². The Hall–Kier alpha value is -4.28. The molecule has 2 N–H and O–H groups in total. The van der Waals surface area contributed by atoms with Crippen LogP contribution < -0.4 is 10.7 Å². The van der Waals surface area contributed by atoms with E-state index in [0.717, 1.165) is 10.6 Å². The van der Waals surface area contributed by atoms with Crippen LogP contribution in [0.15, 0.2) is 42.5 Å². The zero-order valence-electron chi connectivity index (χ0n) is 18.0. The number of nitrogens with zero attached hydrogens (tertiary/aromatic N) is 2. The van der Waals surface area contributed by atoms with Crippen molar-refractivity contribution in [3.8, 4) is 0 Å². The number of hydrazine groups is 1. The van der Waals surface area contributed by atoms with E-state index in [4.69, 9.17) is 4.74 Å². The first kappa shape index (κ1) is 23.4. The fourth-order valence-electron chi connectivity index (χ4n) is 3.28. The van der Waals surface area contributed by atoms with Crippen LogP contribution in [0, 0.1) is 29.9 Å². The maximum Gasteiger partial charge on any atom is 0.311 e. The van der Waals surface area contributed by atoms with E-state index in [1.165, 1.54) is 18.2 Å². The van der Waals surface area contributed by atoms with Gasteiger partial charge in [-0.15, -0.1) is 0 Å². The molecular formula is C22H22N4O7. The molecule has 33 heavy (non-hydrogen) atoms. The minimum Gasteiger partial charge on any atom is -0.455 e. The molecule has 0 saturated carbocycles. The molecule has 1 saturated heterocycles. The quantitative estimate of drug-likeness (QED) is 0.369. The fraction of sp³-hybridized carbons (Fsp3) is 0.273. The minimum absolute atomic E-state index is 0.0823. The molecule has 0 aliphatic carbocycles. The van der Waals surface area contributed by atoms with Gasteiger partial charge in [0.15, 0.2) is 6.61 Å². The smallest absolute Gasteiger partial charge is 0.311 e. The predicted octanol–water partition coefficient (Wildman–Crippen LogP) is 1.89. The number of hydrogen-bond donors (Lipinski definition) is 2.